The SMILES string of the molecule is CCCNc1nc(OC)nc(SC(C)C(C)C)n1. The van der Waals surface area contributed by atoms with Crippen LogP contribution in [0.4, 0.5) is 5.95 Å². The van der Waals surface area contributed by atoms with Gasteiger partial charge in [0.1, 0.15) is 0 Å². The summed E-state index contributed by atoms with van der Waals surface area (Å²) in [4.78, 5) is 12.8. The molecular weight excluding hydrogens is 248 g/mol. The Morgan fingerprint density at radius 3 is 2.50 bits per heavy atom. The van der Waals surface area contributed by atoms with Crippen LogP contribution in [0.15, 0.2) is 5.16 Å². The van der Waals surface area contributed by atoms with Gasteiger partial charge in [0.2, 0.25) is 5.95 Å². The molecule has 0 saturated carbocycles. The van der Waals surface area contributed by atoms with Crippen molar-refractivity contribution in [3.8, 4) is 6.01 Å². The van der Waals surface area contributed by atoms with Crippen molar-refractivity contribution in [3.05, 3.63) is 0 Å². The van der Waals surface area contributed by atoms with Gasteiger partial charge >= 0.3 is 6.01 Å². The second-order valence-electron chi connectivity index (χ2n) is 4.42. The van der Waals surface area contributed by atoms with E-state index in [9.17, 15) is 0 Å². The Morgan fingerprint density at radius 2 is 1.94 bits per heavy atom. The maximum Gasteiger partial charge on any atom is 0.321 e. The van der Waals surface area contributed by atoms with Crippen LogP contribution in [0.2, 0.25) is 0 Å². The zero-order valence-electron chi connectivity index (χ0n) is 11.7. The first kappa shape index (κ1) is 15.0. The molecule has 0 aliphatic carbocycles. The summed E-state index contributed by atoms with van der Waals surface area (Å²) >= 11 is 1.65. The van der Waals surface area contributed by atoms with Crippen molar-refractivity contribution in [2.45, 2.75) is 44.5 Å². The molecule has 0 aromatic carbocycles. The molecule has 18 heavy (non-hydrogen) atoms. The van der Waals surface area contributed by atoms with Crippen LogP contribution in [-0.4, -0.2) is 33.9 Å². The molecule has 0 saturated heterocycles. The fraction of sp³-hybridized carbons (Fsp3) is 0.750. The van der Waals surface area contributed by atoms with E-state index in [1.54, 1.807) is 18.9 Å². The van der Waals surface area contributed by atoms with Crippen molar-refractivity contribution < 1.29 is 4.74 Å². The molecule has 1 heterocycles. The first-order valence-electron chi connectivity index (χ1n) is 6.27. The molecule has 0 aliphatic heterocycles. The van der Waals surface area contributed by atoms with Crippen LogP contribution in [0, 0.1) is 5.92 Å². The van der Waals surface area contributed by atoms with Crippen molar-refractivity contribution in [1.82, 2.24) is 15.0 Å². The van der Waals surface area contributed by atoms with E-state index >= 15 is 0 Å². The van der Waals surface area contributed by atoms with Gasteiger partial charge in [0.15, 0.2) is 5.16 Å². The standard InChI is InChI=1S/C12H22N4OS/c1-6-7-13-10-14-11(17-5)16-12(15-10)18-9(4)8(2)3/h8-9H,6-7H2,1-5H3,(H,13,14,15,16). The Bertz CT molecular complexity index is 373. The van der Waals surface area contributed by atoms with Gasteiger partial charge in [-0.15, -0.1) is 0 Å². The zero-order chi connectivity index (χ0) is 13.5. The maximum atomic E-state index is 5.10. The number of rotatable bonds is 7. The molecule has 1 rings (SSSR count). The summed E-state index contributed by atoms with van der Waals surface area (Å²) in [6, 6.07) is 0.363. The summed E-state index contributed by atoms with van der Waals surface area (Å²) in [5.74, 6) is 1.16. The molecule has 0 amide bonds. The van der Waals surface area contributed by atoms with Gasteiger partial charge < -0.3 is 10.1 Å². The van der Waals surface area contributed by atoms with Crippen LogP contribution in [0.3, 0.4) is 0 Å². The number of thioether (sulfide) groups is 1. The number of nitrogens with one attached hydrogen (secondary N) is 1. The molecule has 1 N–H and O–H groups in total. The zero-order valence-corrected chi connectivity index (χ0v) is 12.5. The number of hydrogen-bond acceptors (Lipinski definition) is 6. The largest absolute Gasteiger partial charge is 0.467 e. The summed E-state index contributed by atoms with van der Waals surface area (Å²) in [7, 11) is 1.57. The molecule has 0 bridgehead atoms. The average Bonchev–Trinajstić information content (AvgIpc) is 2.35. The van der Waals surface area contributed by atoms with Crippen molar-refractivity contribution in [2.24, 2.45) is 5.92 Å². The van der Waals surface area contributed by atoms with E-state index in [0.29, 0.717) is 28.3 Å². The highest BCUT2D eigenvalue weighted by Crippen LogP contribution is 2.26. The maximum absolute atomic E-state index is 5.10. The summed E-state index contributed by atoms with van der Waals surface area (Å²) in [5, 5.41) is 4.32. The van der Waals surface area contributed by atoms with Gasteiger partial charge in [0.25, 0.3) is 0 Å². The molecule has 0 radical (unpaired) electrons. The number of aromatic nitrogens is 3. The van der Waals surface area contributed by atoms with E-state index in [-0.39, 0.29) is 0 Å². The highest BCUT2D eigenvalue weighted by molar-refractivity contribution is 7.99. The number of anilines is 1. The summed E-state index contributed by atoms with van der Waals surface area (Å²) in [6.45, 7) is 9.49. The number of methoxy groups -OCH3 is 1. The van der Waals surface area contributed by atoms with E-state index in [0.717, 1.165) is 13.0 Å². The summed E-state index contributed by atoms with van der Waals surface area (Å²) < 4.78 is 5.10. The van der Waals surface area contributed by atoms with Gasteiger partial charge in [0, 0.05) is 11.8 Å². The lowest BCUT2D eigenvalue weighted by atomic mass is 10.2. The molecular formula is C12H22N4OS. The van der Waals surface area contributed by atoms with Crippen molar-refractivity contribution in [3.63, 3.8) is 0 Å². The van der Waals surface area contributed by atoms with Crippen LogP contribution >= 0.6 is 11.8 Å². The van der Waals surface area contributed by atoms with Crippen LogP contribution in [-0.2, 0) is 0 Å². The highest BCUT2D eigenvalue weighted by Gasteiger charge is 2.13. The van der Waals surface area contributed by atoms with E-state index < -0.39 is 0 Å². The lowest BCUT2D eigenvalue weighted by molar-refractivity contribution is 0.373. The van der Waals surface area contributed by atoms with Gasteiger partial charge in [-0.05, 0) is 12.3 Å². The first-order chi connectivity index (χ1) is 8.56. The predicted molar refractivity (Wildman–Crippen MR) is 75.3 cm³/mol. The normalized spacial score (nSPS) is 12.6. The fourth-order valence-electron chi connectivity index (χ4n) is 1.10. The molecule has 5 nitrogen and oxygen atoms in total. The monoisotopic (exact) mass is 270 g/mol. The molecule has 6 heteroatoms. The third-order valence-electron chi connectivity index (χ3n) is 2.54. The van der Waals surface area contributed by atoms with Gasteiger partial charge in [-0.3, -0.25) is 0 Å². The molecule has 1 aromatic rings. The second-order valence-corrected chi connectivity index (χ2v) is 5.77. The van der Waals surface area contributed by atoms with Crippen LogP contribution in [0.1, 0.15) is 34.1 Å². The third-order valence-corrected chi connectivity index (χ3v) is 3.85. The van der Waals surface area contributed by atoms with Crippen molar-refractivity contribution in [2.75, 3.05) is 19.0 Å². The molecule has 1 atom stereocenters. The Labute approximate surface area is 113 Å². The lowest BCUT2D eigenvalue weighted by Gasteiger charge is -2.14. The molecule has 1 aromatic heterocycles. The third kappa shape index (κ3) is 4.68. The summed E-state index contributed by atoms with van der Waals surface area (Å²) in [6.07, 6.45) is 1.03. The van der Waals surface area contributed by atoms with Gasteiger partial charge in [-0.1, -0.05) is 39.5 Å². The van der Waals surface area contributed by atoms with Crippen molar-refractivity contribution >= 4 is 17.7 Å². The van der Waals surface area contributed by atoms with Crippen LogP contribution < -0.4 is 10.1 Å². The van der Waals surface area contributed by atoms with E-state index in [1.807, 2.05) is 0 Å². The number of nitrogens with zero attached hydrogens (tertiary/aromatic N) is 3. The summed E-state index contributed by atoms with van der Waals surface area (Å²) in [5.41, 5.74) is 0. The molecule has 102 valence electrons. The van der Waals surface area contributed by atoms with Gasteiger partial charge in [0.05, 0.1) is 7.11 Å². The molecule has 0 aliphatic rings. The van der Waals surface area contributed by atoms with E-state index in [1.165, 1.54) is 0 Å². The minimum absolute atomic E-state index is 0.363. The minimum Gasteiger partial charge on any atom is -0.467 e. The van der Waals surface area contributed by atoms with Gasteiger partial charge in [-0.25, -0.2) is 0 Å². The quantitative estimate of drug-likeness (QED) is 0.769. The first-order valence-corrected chi connectivity index (χ1v) is 7.15. The number of ether oxygens (including phenoxy) is 1. The molecule has 1 unspecified atom stereocenters. The van der Waals surface area contributed by atoms with E-state index in [2.05, 4.69) is 48.0 Å². The smallest absolute Gasteiger partial charge is 0.321 e. The van der Waals surface area contributed by atoms with Crippen molar-refractivity contribution in [1.29, 1.82) is 0 Å². The predicted octanol–water partition coefficient (Wildman–Crippen LogP) is 2.84. The van der Waals surface area contributed by atoms with Crippen LogP contribution in [0.25, 0.3) is 0 Å². The Morgan fingerprint density at radius 1 is 1.22 bits per heavy atom. The van der Waals surface area contributed by atoms with Crippen LogP contribution in [0.5, 0.6) is 6.01 Å². The van der Waals surface area contributed by atoms with E-state index in [4.69, 9.17) is 4.74 Å². The molecule has 0 fully saturated rings. The lowest BCUT2D eigenvalue weighted by Crippen LogP contribution is -2.10. The second kappa shape index (κ2) is 7.41. The minimum atomic E-state index is 0.363. The average molecular weight is 270 g/mol. The topological polar surface area (TPSA) is 59.9 Å². The Kier molecular flexibility index (Phi) is 6.18. The van der Waals surface area contributed by atoms with Gasteiger partial charge in [-0.2, -0.15) is 15.0 Å². The Hall–Kier alpha value is -1.04. The number of hydrogen-bond donors (Lipinski definition) is 1. The highest BCUT2D eigenvalue weighted by atomic mass is 32.2. The fourth-order valence-corrected chi connectivity index (χ4v) is 1.97. The Balaban J connectivity index is 2.82. The molecule has 0 spiro atoms.